The Labute approximate surface area is 194 Å². The lowest BCUT2D eigenvalue weighted by atomic mass is 10.0. The summed E-state index contributed by atoms with van der Waals surface area (Å²) in [7, 11) is 2.89. The van der Waals surface area contributed by atoms with Crippen LogP contribution in [-0.2, 0) is 19.0 Å². The summed E-state index contributed by atoms with van der Waals surface area (Å²) in [6, 6.07) is 11.6. The number of aromatic hydroxyl groups is 1. The molecule has 2 aromatic carbocycles. The number of benzene rings is 2. The third-order valence-corrected chi connectivity index (χ3v) is 5.08. The summed E-state index contributed by atoms with van der Waals surface area (Å²) in [5, 5.41) is 12.8. The number of phenolic OH excluding ortho intramolecular Hbond substituents is 1. The zero-order valence-corrected chi connectivity index (χ0v) is 19.5. The molecule has 1 amide bonds. The predicted octanol–water partition coefficient (Wildman–Crippen LogP) is 4.33. The molecule has 0 bridgehead atoms. The van der Waals surface area contributed by atoms with Gasteiger partial charge in [-0.15, -0.1) is 0 Å². The van der Waals surface area contributed by atoms with Crippen molar-refractivity contribution in [3.05, 3.63) is 52.5 Å². The molecule has 0 aliphatic heterocycles. The van der Waals surface area contributed by atoms with E-state index in [2.05, 4.69) is 33.9 Å². The van der Waals surface area contributed by atoms with Crippen molar-refractivity contribution in [3.8, 4) is 11.5 Å². The summed E-state index contributed by atoms with van der Waals surface area (Å²) in [4.78, 5) is 23.9. The number of carbonyl (C=O) groups excluding carboxylic acids is 2. The van der Waals surface area contributed by atoms with Crippen molar-refractivity contribution in [2.75, 3.05) is 31.9 Å². The summed E-state index contributed by atoms with van der Waals surface area (Å²) in [6.45, 7) is 0.0498. The highest BCUT2D eigenvalue weighted by Crippen LogP contribution is 2.33. The van der Waals surface area contributed by atoms with E-state index in [-0.39, 0.29) is 30.3 Å². The molecule has 0 fully saturated rings. The Morgan fingerprint density at radius 1 is 1.16 bits per heavy atom. The van der Waals surface area contributed by atoms with Crippen LogP contribution in [0.4, 0.5) is 10.5 Å². The van der Waals surface area contributed by atoms with E-state index in [9.17, 15) is 14.7 Å². The fraction of sp³-hybridized carbons (Fsp3) is 0.333. The Hall–Kier alpha value is -2.43. The highest BCUT2D eigenvalue weighted by Gasteiger charge is 2.28. The van der Waals surface area contributed by atoms with Crippen molar-refractivity contribution >= 4 is 46.3 Å². The monoisotopic (exact) mass is 513 g/mol. The fourth-order valence-electron chi connectivity index (χ4n) is 2.77. The first kappa shape index (κ1) is 24.8. The van der Waals surface area contributed by atoms with Gasteiger partial charge in [-0.3, -0.25) is 10.1 Å². The molecule has 0 saturated heterocycles. The van der Waals surface area contributed by atoms with E-state index in [4.69, 9.17) is 18.9 Å². The van der Waals surface area contributed by atoms with Crippen LogP contribution in [0.15, 0.2) is 46.9 Å². The lowest BCUT2D eigenvalue weighted by Gasteiger charge is -2.26. The number of methoxy groups -OCH3 is 2. The number of ether oxygens (including phenoxy) is 4. The van der Waals surface area contributed by atoms with E-state index in [0.29, 0.717) is 11.3 Å². The molecular weight excluding hydrogens is 490 g/mol. The minimum absolute atomic E-state index is 0.0421. The first-order valence-electron chi connectivity index (χ1n) is 9.27. The zero-order valence-electron chi connectivity index (χ0n) is 17.0. The molecule has 0 aliphatic carbocycles. The van der Waals surface area contributed by atoms with Gasteiger partial charge in [0.1, 0.15) is 6.10 Å². The topological polar surface area (TPSA) is 103 Å². The Bertz CT molecular complexity index is 879. The third kappa shape index (κ3) is 7.64. The average Bonchev–Trinajstić information content (AvgIpc) is 2.76. The van der Waals surface area contributed by atoms with Crippen LogP contribution in [0.1, 0.15) is 18.1 Å². The Balaban J connectivity index is 2.21. The van der Waals surface area contributed by atoms with Gasteiger partial charge in [-0.05, 0) is 42.0 Å². The molecular formula is C21H24BrNO7S. The van der Waals surface area contributed by atoms with Gasteiger partial charge in [-0.25, -0.2) is 4.79 Å². The minimum Gasteiger partial charge on any atom is -0.504 e. The molecule has 0 radical (unpaired) electrons. The standard InChI is InChI=1S/C21H24BrNO7S/c1-27-17-8-3-13(11-16(17)24)20(18(28-2)9-10-29-19(25)12-31)30-21(26)23-15-6-4-14(22)5-7-15/h3-8,11,18,20,24,31H,9-10,12H2,1-2H3,(H,23,26)/t18-,20-/m1/s1. The molecule has 168 valence electrons. The molecule has 0 saturated carbocycles. The van der Waals surface area contributed by atoms with Crippen molar-refractivity contribution < 1.29 is 33.6 Å². The lowest BCUT2D eigenvalue weighted by molar-refractivity contribution is -0.141. The number of carbonyl (C=O) groups is 2. The molecule has 8 nitrogen and oxygen atoms in total. The number of phenols is 1. The van der Waals surface area contributed by atoms with Crippen molar-refractivity contribution in [2.24, 2.45) is 0 Å². The second-order valence-electron chi connectivity index (χ2n) is 6.33. The highest BCUT2D eigenvalue weighted by atomic mass is 79.9. The highest BCUT2D eigenvalue weighted by molar-refractivity contribution is 9.10. The maximum atomic E-state index is 12.6. The summed E-state index contributed by atoms with van der Waals surface area (Å²) >= 11 is 7.20. The van der Waals surface area contributed by atoms with Gasteiger partial charge >= 0.3 is 12.1 Å². The van der Waals surface area contributed by atoms with Crippen molar-refractivity contribution in [1.82, 2.24) is 0 Å². The van der Waals surface area contributed by atoms with E-state index in [1.165, 1.54) is 20.3 Å². The normalized spacial score (nSPS) is 12.5. The molecule has 0 aliphatic rings. The van der Waals surface area contributed by atoms with Gasteiger partial charge in [-0.2, -0.15) is 12.6 Å². The van der Waals surface area contributed by atoms with Crippen LogP contribution < -0.4 is 10.1 Å². The number of hydrogen-bond donors (Lipinski definition) is 3. The average molecular weight is 514 g/mol. The van der Waals surface area contributed by atoms with Crippen molar-refractivity contribution in [3.63, 3.8) is 0 Å². The Morgan fingerprint density at radius 3 is 2.45 bits per heavy atom. The number of hydrogen-bond acceptors (Lipinski definition) is 8. The molecule has 2 rings (SSSR count). The summed E-state index contributed by atoms with van der Waals surface area (Å²) < 4.78 is 22.1. The van der Waals surface area contributed by atoms with Gasteiger partial charge in [0.05, 0.1) is 19.5 Å². The van der Waals surface area contributed by atoms with E-state index < -0.39 is 24.3 Å². The zero-order chi connectivity index (χ0) is 22.8. The van der Waals surface area contributed by atoms with Crippen LogP contribution in [0, 0.1) is 0 Å². The molecule has 2 atom stereocenters. The molecule has 31 heavy (non-hydrogen) atoms. The predicted molar refractivity (Wildman–Crippen MR) is 122 cm³/mol. The smallest absolute Gasteiger partial charge is 0.412 e. The van der Waals surface area contributed by atoms with E-state index in [1.807, 2.05) is 0 Å². The molecule has 2 aromatic rings. The fourth-order valence-corrected chi connectivity index (χ4v) is 3.12. The van der Waals surface area contributed by atoms with E-state index in [1.54, 1.807) is 36.4 Å². The molecule has 2 N–H and O–H groups in total. The van der Waals surface area contributed by atoms with Gasteiger partial charge in [0.2, 0.25) is 0 Å². The van der Waals surface area contributed by atoms with Crippen LogP contribution in [0.3, 0.4) is 0 Å². The summed E-state index contributed by atoms with van der Waals surface area (Å²) in [6.07, 6.45) is -2.01. The number of nitrogens with one attached hydrogen (secondary N) is 1. The Morgan fingerprint density at radius 2 is 1.87 bits per heavy atom. The first-order valence-corrected chi connectivity index (χ1v) is 10.7. The van der Waals surface area contributed by atoms with Gasteiger partial charge in [-0.1, -0.05) is 22.0 Å². The molecule has 0 unspecified atom stereocenters. The number of thiol groups is 1. The SMILES string of the molecule is COc1ccc([C@@H](OC(=O)Nc2ccc(Br)cc2)[C@@H](CCOC(=O)CS)OC)cc1O. The minimum atomic E-state index is -0.896. The maximum absolute atomic E-state index is 12.6. The quantitative estimate of drug-likeness (QED) is 0.320. The Kier molecular flexibility index (Phi) is 9.96. The van der Waals surface area contributed by atoms with Gasteiger partial charge in [0.15, 0.2) is 17.6 Å². The number of anilines is 1. The van der Waals surface area contributed by atoms with Crippen LogP contribution in [-0.4, -0.2) is 49.9 Å². The van der Waals surface area contributed by atoms with Crippen LogP contribution in [0.5, 0.6) is 11.5 Å². The molecule has 0 spiro atoms. The van der Waals surface area contributed by atoms with Gasteiger partial charge < -0.3 is 24.1 Å². The number of amides is 1. The first-order chi connectivity index (χ1) is 14.9. The lowest BCUT2D eigenvalue weighted by Crippen LogP contribution is -2.29. The van der Waals surface area contributed by atoms with Crippen LogP contribution >= 0.6 is 28.6 Å². The van der Waals surface area contributed by atoms with Crippen LogP contribution in [0.2, 0.25) is 0 Å². The largest absolute Gasteiger partial charge is 0.504 e. The molecule has 0 aromatic heterocycles. The van der Waals surface area contributed by atoms with Crippen LogP contribution in [0.25, 0.3) is 0 Å². The van der Waals surface area contributed by atoms with Gasteiger partial charge in [0, 0.05) is 23.7 Å². The van der Waals surface area contributed by atoms with E-state index >= 15 is 0 Å². The number of esters is 1. The number of rotatable bonds is 10. The molecule has 0 heterocycles. The number of halogens is 1. The second-order valence-corrected chi connectivity index (χ2v) is 7.56. The van der Waals surface area contributed by atoms with Gasteiger partial charge in [0.25, 0.3) is 0 Å². The van der Waals surface area contributed by atoms with E-state index in [0.717, 1.165) is 4.47 Å². The summed E-state index contributed by atoms with van der Waals surface area (Å²) in [5.74, 6) is -0.345. The second kappa shape index (κ2) is 12.4. The molecule has 10 heteroatoms. The summed E-state index contributed by atoms with van der Waals surface area (Å²) in [5.41, 5.74) is 1.03. The third-order valence-electron chi connectivity index (χ3n) is 4.29. The van der Waals surface area contributed by atoms with Crippen molar-refractivity contribution in [2.45, 2.75) is 18.6 Å². The maximum Gasteiger partial charge on any atom is 0.412 e. The van der Waals surface area contributed by atoms with Crippen molar-refractivity contribution in [1.29, 1.82) is 0 Å².